The number of nitrogens with one attached hydrogen (secondary N) is 1. The molecule has 1 fully saturated rings. The molecule has 1 N–H and O–H groups in total. The molecule has 0 radical (unpaired) electrons. The average molecular weight is 565 g/mol. The third kappa shape index (κ3) is 7.10. The minimum Gasteiger partial charge on any atom is -0.356 e. The van der Waals surface area contributed by atoms with Crippen molar-refractivity contribution >= 4 is 52.9 Å². The summed E-state index contributed by atoms with van der Waals surface area (Å²) in [5, 5.41) is 7.80. The number of rotatable bonds is 7. The van der Waals surface area contributed by atoms with E-state index in [9.17, 15) is 0 Å². The van der Waals surface area contributed by atoms with Crippen molar-refractivity contribution in [3.8, 4) is 0 Å². The molecule has 0 amide bonds. The number of aliphatic imine (C=N–C) groups is 1. The molecular weight excluding hydrogens is 531 g/mol. The second-order valence-electron chi connectivity index (χ2n) is 7.85. The van der Waals surface area contributed by atoms with Gasteiger partial charge < -0.3 is 14.8 Å². The zero-order valence-electron chi connectivity index (χ0n) is 18.4. The van der Waals surface area contributed by atoms with Crippen molar-refractivity contribution in [3.05, 3.63) is 39.1 Å². The van der Waals surface area contributed by atoms with Gasteiger partial charge >= 0.3 is 0 Å². The van der Waals surface area contributed by atoms with Gasteiger partial charge in [-0.2, -0.15) is 0 Å². The molecule has 168 valence electrons. The van der Waals surface area contributed by atoms with Crippen molar-refractivity contribution in [2.24, 2.45) is 18.0 Å². The topological polar surface area (TPSA) is 48.7 Å². The van der Waals surface area contributed by atoms with Crippen LogP contribution in [0.25, 0.3) is 0 Å². The summed E-state index contributed by atoms with van der Waals surface area (Å²) in [6, 6.07) is 2.01. The molecule has 0 spiro atoms. The van der Waals surface area contributed by atoms with Gasteiger partial charge in [0.15, 0.2) is 5.96 Å². The molecular formula is C21H34ClIN6S. The summed E-state index contributed by atoms with van der Waals surface area (Å²) in [4.78, 5) is 13.8. The lowest BCUT2D eigenvalue weighted by Crippen LogP contribution is -2.43. The molecule has 2 aromatic heterocycles. The molecule has 30 heavy (non-hydrogen) atoms. The van der Waals surface area contributed by atoms with Crippen LogP contribution in [0.15, 0.2) is 22.6 Å². The third-order valence-electron chi connectivity index (χ3n) is 5.59. The first-order valence-corrected chi connectivity index (χ1v) is 11.6. The Kier molecular flexibility index (Phi) is 10.4. The predicted octanol–water partition coefficient (Wildman–Crippen LogP) is 4.23. The van der Waals surface area contributed by atoms with Gasteiger partial charge in [-0.3, -0.25) is 9.89 Å². The first-order valence-electron chi connectivity index (χ1n) is 10.4. The fourth-order valence-electron chi connectivity index (χ4n) is 3.82. The number of aromatic nitrogens is 2. The van der Waals surface area contributed by atoms with Crippen LogP contribution in [0.1, 0.15) is 36.2 Å². The molecule has 2 aromatic rings. The van der Waals surface area contributed by atoms with Crippen LogP contribution in [-0.4, -0.2) is 59.0 Å². The number of likely N-dealkylation sites (tertiary alicyclic amines) is 1. The van der Waals surface area contributed by atoms with Crippen molar-refractivity contribution in [2.45, 2.75) is 39.3 Å². The van der Waals surface area contributed by atoms with Crippen LogP contribution in [0, 0.1) is 5.92 Å². The molecule has 6 nitrogen and oxygen atoms in total. The van der Waals surface area contributed by atoms with Crippen molar-refractivity contribution in [1.82, 2.24) is 24.7 Å². The Balaban J connectivity index is 0.00000320. The molecule has 1 aliphatic rings. The Morgan fingerprint density at radius 1 is 1.40 bits per heavy atom. The summed E-state index contributed by atoms with van der Waals surface area (Å²) in [5.74, 6) is 1.61. The normalized spacial score (nSPS) is 15.8. The standard InChI is InChI=1S/C21H33ClN6S.HI/c1-5-20-25-18(15-29-20)13-28-8-6-16(7-9-28)11-24-21(23-2)27(4)14-19-10-17(22)12-26(19)3;/h10,12,15-16H,5-9,11,13-14H2,1-4H3,(H,23,24);1H. The Bertz CT molecular complexity index is 812. The Morgan fingerprint density at radius 3 is 2.70 bits per heavy atom. The van der Waals surface area contributed by atoms with Gasteiger partial charge in [-0.25, -0.2) is 4.98 Å². The molecule has 9 heteroatoms. The van der Waals surface area contributed by atoms with E-state index in [0.717, 1.165) is 50.1 Å². The fourth-order valence-corrected chi connectivity index (χ4v) is 4.83. The molecule has 3 heterocycles. The monoisotopic (exact) mass is 564 g/mol. The number of halogens is 2. The van der Waals surface area contributed by atoms with Gasteiger partial charge in [0.05, 0.1) is 22.3 Å². The van der Waals surface area contributed by atoms with Crippen LogP contribution < -0.4 is 5.32 Å². The Labute approximate surface area is 206 Å². The molecule has 1 aliphatic heterocycles. The average Bonchev–Trinajstić information content (AvgIpc) is 3.29. The van der Waals surface area contributed by atoms with Crippen LogP contribution in [0.4, 0.5) is 0 Å². The number of hydrogen-bond donors (Lipinski definition) is 1. The summed E-state index contributed by atoms with van der Waals surface area (Å²) in [7, 11) is 5.93. The van der Waals surface area contributed by atoms with E-state index in [1.807, 2.05) is 26.4 Å². The first-order chi connectivity index (χ1) is 14.0. The third-order valence-corrected chi connectivity index (χ3v) is 6.84. The maximum Gasteiger partial charge on any atom is 0.193 e. The van der Waals surface area contributed by atoms with Gasteiger partial charge in [-0.05, 0) is 44.3 Å². The van der Waals surface area contributed by atoms with Crippen molar-refractivity contribution in [2.75, 3.05) is 33.7 Å². The molecule has 0 bridgehead atoms. The van der Waals surface area contributed by atoms with E-state index in [-0.39, 0.29) is 24.0 Å². The van der Waals surface area contributed by atoms with Crippen molar-refractivity contribution in [3.63, 3.8) is 0 Å². The van der Waals surface area contributed by atoms with Gasteiger partial charge in [0.2, 0.25) is 0 Å². The summed E-state index contributed by atoms with van der Waals surface area (Å²) in [5.41, 5.74) is 2.40. The van der Waals surface area contributed by atoms with Gasteiger partial charge in [0, 0.05) is 51.5 Å². The molecule has 1 saturated heterocycles. The van der Waals surface area contributed by atoms with Crippen molar-refractivity contribution < 1.29 is 0 Å². The van der Waals surface area contributed by atoms with Crippen LogP contribution in [0.2, 0.25) is 5.02 Å². The van der Waals surface area contributed by atoms with Gasteiger partial charge in [0.1, 0.15) is 0 Å². The zero-order chi connectivity index (χ0) is 20.8. The van der Waals surface area contributed by atoms with Crippen molar-refractivity contribution in [1.29, 1.82) is 0 Å². The van der Waals surface area contributed by atoms with Gasteiger partial charge in [-0.15, -0.1) is 35.3 Å². The lowest BCUT2D eigenvalue weighted by Gasteiger charge is -2.32. The van der Waals surface area contributed by atoms with E-state index < -0.39 is 0 Å². The highest BCUT2D eigenvalue weighted by molar-refractivity contribution is 14.0. The van der Waals surface area contributed by atoms with Gasteiger partial charge in [-0.1, -0.05) is 18.5 Å². The minimum atomic E-state index is 0. The number of aryl methyl sites for hydroxylation is 2. The van der Waals surface area contributed by atoms with E-state index in [4.69, 9.17) is 16.6 Å². The zero-order valence-corrected chi connectivity index (χ0v) is 22.3. The summed E-state index contributed by atoms with van der Waals surface area (Å²) in [6.07, 6.45) is 5.40. The van der Waals surface area contributed by atoms with Crippen LogP contribution in [-0.2, 0) is 26.6 Å². The summed E-state index contributed by atoms with van der Waals surface area (Å²) in [6.45, 7) is 7.18. The summed E-state index contributed by atoms with van der Waals surface area (Å²) >= 11 is 7.89. The SMILES string of the molecule is CCc1nc(CN2CCC(CNC(=NC)N(C)Cc3cc(Cl)cn3C)CC2)cs1.I. The maximum atomic E-state index is 6.10. The second kappa shape index (κ2) is 12.3. The number of nitrogens with zero attached hydrogens (tertiary/aromatic N) is 5. The quantitative estimate of drug-likeness (QED) is 0.311. The largest absolute Gasteiger partial charge is 0.356 e. The second-order valence-corrected chi connectivity index (χ2v) is 9.23. The van der Waals surface area contributed by atoms with E-state index >= 15 is 0 Å². The molecule has 0 atom stereocenters. The predicted molar refractivity (Wildman–Crippen MR) is 138 cm³/mol. The molecule has 0 unspecified atom stereocenters. The number of guanidine groups is 1. The molecule has 0 saturated carbocycles. The van der Waals surface area contributed by atoms with E-state index in [0.29, 0.717) is 5.92 Å². The molecule has 3 rings (SSSR count). The smallest absolute Gasteiger partial charge is 0.193 e. The van der Waals surface area contributed by atoms with E-state index in [2.05, 4.69) is 44.0 Å². The van der Waals surface area contributed by atoms with Crippen LogP contribution >= 0.6 is 46.9 Å². The lowest BCUT2D eigenvalue weighted by atomic mass is 9.97. The lowest BCUT2D eigenvalue weighted by molar-refractivity contribution is 0.176. The number of hydrogen-bond acceptors (Lipinski definition) is 4. The highest BCUT2D eigenvalue weighted by Gasteiger charge is 2.21. The highest BCUT2D eigenvalue weighted by atomic mass is 127. The van der Waals surface area contributed by atoms with Crippen LogP contribution in [0.5, 0.6) is 0 Å². The number of thiazole rings is 1. The van der Waals surface area contributed by atoms with E-state index in [1.165, 1.54) is 29.2 Å². The summed E-state index contributed by atoms with van der Waals surface area (Å²) < 4.78 is 2.06. The van der Waals surface area contributed by atoms with E-state index in [1.54, 1.807) is 11.3 Å². The molecule has 0 aliphatic carbocycles. The fraction of sp³-hybridized carbons (Fsp3) is 0.619. The molecule has 0 aromatic carbocycles. The Hall–Kier alpha value is -0.840. The maximum absolute atomic E-state index is 6.10. The highest BCUT2D eigenvalue weighted by Crippen LogP contribution is 2.20. The van der Waals surface area contributed by atoms with Gasteiger partial charge in [0.25, 0.3) is 0 Å². The first kappa shape index (κ1) is 25.4. The number of piperidine rings is 1. The minimum absolute atomic E-state index is 0. The Morgan fingerprint density at radius 2 is 2.13 bits per heavy atom. The van der Waals surface area contributed by atoms with Crippen LogP contribution in [0.3, 0.4) is 0 Å².